The number of nitrogens with zero attached hydrogens (tertiary/aromatic N) is 4. The van der Waals surface area contributed by atoms with Crippen LogP contribution in [0.15, 0.2) is 30.5 Å². The molecule has 3 amide bonds. The van der Waals surface area contributed by atoms with Crippen LogP contribution in [0.1, 0.15) is 85.6 Å². The van der Waals surface area contributed by atoms with E-state index in [1.165, 1.54) is 0 Å². The summed E-state index contributed by atoms with van der Waals surface area (Å²) in [7, 11) is 0. The van der Waals surface area contributed by atoms with Gasteiger partial charge in [0.05, 0.1) is 6.04 Å². The van der Waals surface area contributed by atoms with Gasteiger partial charge < -0.3 is 47.2 Å². The molecule has 0 aliphatic rings. The van der Waals surface area contributed by atoms with Crippen molar-refractivity contribution < 1.29 is 52.6 Å². The molecule has 1 heterocycles. The first kappa shape index (κ1) is 44.3. The number of nitrogens with two attached hydrogens (primary N) is 1. The van der Waals surface area contributed by atoms with E-state index in [4.69, 9.17) is 26.3 Å². The predicted octanol–water partition coefficient (Wildman–Crippen LogP) is 1.26. The first-order valence-electron chi connectivity index (χ1n) is 17.3. The summed E-state index contributed by atoms with van der Waals surface area (Å²) in [5, 5.41) is 8.39. The van der Waals surface area contributed by atoms with E-state index in [0.29, 0.717) is 12.4 Å². The molecule has 18 heteroatoms. The minimum Gasteiger partial charge on any atom is -0.458 e. The Hall–Kier alpha value is -5.83. The second-order valence-electron chi connectivity index (χ2n) is 14.5. The Kier molecular flexibility index (Phi) is 16.8. The van der Waals surface area contributed by atoms with Crippen LogP contribution in [-0.2, 0) is 49.5 Å². The number of aromatic amines is 1. The minimum atomic E-state index is -1.44. The summed E-state index contributed by atoms with van der Waals surface area (Å²) < 4.78 is 10.9. The third kappa shape index (κ3) is 15.8. The number of ether oxygens (including phenoxy) is 2. The number of carbonyl (C=O) groups excluding carboxylic acids is 7. The number of H-pyrrole nitrogens is 1. The van der Waals surface area contributed by atoms with E-state index in [0.717, 1.165) is 16.5 Å². The molecule has 0 spiro atoms. The normalized spacial score (nSPS) is 13.5. The first-order valence-corrected chi connectivity index (χ1v) is 17.3. The topological polar surface area (TPSA) is 289 Å². The molecule has 4 atom stereocenters. The maximum absolute atomic E-state index is 13.5. The molecule has 0 bridgehead atoms. The number of fused-ring (bicyclic) bond motifs is 1. The predicted molar refractivity (Wildman–Crippen MR) is 195 cm³/mol. The molecule has 1 aromatic heterocycles. The van der Waals surface area contributed by atoms with E-state index >= 15 is 0 Å². The van der Waals surface area contributed by atoms with Crippen LogP contribution in [0.2, 0.25) is 0 Å². The molecule has 0 saturated heterocycles. The molecule has 54 heavy (non-hydrogen) atoms. The summed E-state index contributed by atoms with van der Waals surface area (Å²) in [6.07, 6.45) is 1.19. The van der Waals surface area contributed by atoms with Crippen LogP contribution < -0.4 is 21.7 Å². The zero-order valence-electron chi connectivity index (χ0n) is 31.3. The lowest BCUT2D eigenvalue weighted by atomic mass is 10.0. The van der Waals surface area contributed by atoms with Crippen molar-refractivity contribution in [2.75, 3.05) is 0 Å². The van der Waals surface area contributed by atoms with Gasteiger partial charge in [-0.3, -0.25) is 24.0 Å². The Labute approximate surface area is 312 Å². The van der Waals surface area contributed by atoms with Crippen molar-refractivity contribution in [3.05, 3.63) is 47.1 Å². The van der Waals surface area contributed by atoms with Gasteiger partial charge >= 0.3 is 24.4 Å². The van der Waals surface area contributed by atoms with Crippen molar-refractivity contribution in [2.45, 2.75) is 122 Å². The van der Waals surface area contributed by atoms with E-state index in [1.54, 1.807) is 47.7 Å². The van der Waals surface area contributed by atoms with Crippen molar-refractivity contribution in [1.29, 1.82) is 0 Å². The molecule has 2 aromatic rings. The number of para-hydroxylation sites is 1. The molecule has 18 nitrogen and oxygen atoms in total. The van der Waals surface area contributed by atoms with E-state index in [1.807, 2.05) is 24.3 Å². The van der Waals surface area contributed by atoms with Crippen molar-refractivity contribution in [3.8, 4) is 0 Å². The summed E-state index contributed by atoms with van der Waals surface area (Å²) >= 11 is 0. The quantitative estimate of drug-likeness (QED) is 0.0558. The van der Waals surface area contributed by atoms with Gasteiger partial charge in [0, 0.05) is 36.4 Å². The second kappa shape index (κ2) is 20.4. The summed E-state index contributed by atoms with van der Waals surface area (Å²) in [6.45, 7) is 9.67. The van der Waals surface area contributed by atoms with Crippen LogP contribution in [0, 0.1) is 0 Å². The first-order chi connectivity index (χ1) is 25.2. The maximum Gasteiger partial charge on any atom is 0.329 e. The van der Waals surface area contributed by atoms with E-state index in [9.17, 15) is 33.6 Å². The number of hydrogen-bond acceptors (Lipinski definition) is 10. The Morgan fingerprint density at radius 1 is 0.741 bits per heavy atom. The third-order valence-electron chi connectivity index (χ3n) is 7.54. The molecule has 6 N–H and O–H groups in total. The number of aromatic nitrogens is 1. The molecule has 292 valence electrons. The number of amides is 3. The average Bonchev–Trinajstić information content (AvgIpc) is 3.47. The van der Waals surface area contributed by atoms with Gasteiger partial charge in [-0.1, -0.05) is 18.2 Å². The van der Waals surface area contributed by atoms with Gasteiger partial charge in [-0.05, 0) is 78.9 Å². The molecule has 0 fully saturated rings. The lowest BCUT2D eigenvalue weighted by molar-refractivity contribution is -0.159. The summed E-state index contributed by atoms with van der Waals surface area (Å²) in [5.74, 6) is -5.41. The summed E-state index contributed by atoms with van der Waals surface area (Å²) in [6, 6.07) is 2.26. The molecule has 0 saturated carbocycles. The summed E-state index contributed by atoms with van der Waals surface area (Å²) in [4.78, 5) is 98.7. The number of benzene rings is 1. The number of nitrogens with one attached hydrogen (secondary N) is 4. The molecule has 2 rings (SSSR count). The van der Waals surface area contributed by atoms with Crippen LogP contribution in [0.3, 0.4) is 0 Å². The average molecular weight is 752 g/mol. The number of Topliss-reactive ketones (excluding diaryl/α,β-unsaturated/α-hetero) is 2. The Morgan fingerprint density at radius 3 is 1.74 bits per heavy atom. The molecular formula is C36H49N9O9. The molecule has 0 aliphatic carbocycles. The Balaban J connectivity index is 2.24. The monoisotopic (exact) mass is 751 g/mol. The van der Waals surface area contributed by atoms with Gasteiger partial charge in [0.15, 0.2) is 0 Å². The van der Waals surface area contributed by atoms with E-state index in [2.05, 4.69) is 30.5 Å². The highest BCUT2D eigenvalue weighted by Gasteiger charge is 2.33. The van der Waals surface area contributed by atoms with E-state index < -0.39 is 83.0 Å². The fraction of sp³-hybridized carbons (Fsp3) is 0.528. The van der Waals surface area contributed by atoms with Gasteiger partial charge in [-0.25, -0.2) is 9.59 Å². The lowest BCUT2D eigenvalue weighted by Crippen LogP contribution is -2.53. The van der Waals surface area contributed by atoms with Crippen LogP contribution in [0.5, 0.6) is 0 Å². The SMILES string of the molecule is CC(C)(C)OC(=O)[C@H](CCC(=O)C=[N+]=[N-])NC(=O)[C@H](CCC(=O)C=[N+]=[N-])NC(=O)CC[C@H](NC(=O)[C@@H](N)Cc1c[nH]c2ccccc12)C(=O)OC(C)(C)C. The minimum absolute atomic E-state index is 0.140. The van der Waals surface area contributed by atoms with Gasteiger partial charge in [0.1, 0.15) is 29.3 Å². The van der Waals surface area contributed by atoms with Crippen molar-refractivity contribution >= 4 is 64.6 Å². The van der Waals surface area contributed by atoms with Gasteiger partial charge in [0.25, 0.3) is 0 Å². The van der Waals surface area contributed by atoms with Crippen LogP contribution in [0.4, 0.5) is 0 Å². The molecular weight excluding hydrogens is 702 g/mol. The van der Waals surface area contributed by atoms with Crippen molar-refractivity contribution in [1.82, 2.24) is 20.9 Å². The lowest BCUT2D eigenvalue weighted by Gasteiger charge is -2.26. The Bertz CT molecular complexity index is 1800. The van der Waals surface area contributed by atoms with Crippen molar-refractivity contribution in [3.63, 3.8) is 0 Å². The molecule has 0 radical (unpaired) electrons. The Morgan fingerprint density at radius 2 is 1.22 bits per heavy atom. The fourth-order valence-electron chi connectivity index (χ4n) is 5.07. The molecule has 1 aromatic carbocycles. The van der Waals surface area contributed by atoms with E-state index in [-0.39, 0.29) is 38.5 Å². The highest BCUT2D eigenvalue weighted by molar-refractivity contribution is 6.25. The maximum atomic E-state index is 13.5. The highest BCUT2D eigenvalue weighted by atomic mass is 16.6. The fourth-order valence-corrected chi connectivity index (χ4v) is 5.07. The zero-order chi connectivity index (χ0) is 40.6. The van der Waals surface area contributed by atoms with Gasteiger partial charge in [0.2, 0.25) is 29.3 Å². The highest BCUT2D eigenvalue weighted by Crippen LogP contribution is 2.19. The zero-order valence-corrected chi connectivity index (χ0v) is 31.3. The number of rotatable bonds is 20. The number of ketones is 2. The smallest absolute Gasteiger partial charge is 0.329 e. The summed E-state index contributed by atoms with van der Waals surface area (Å²) in [5.41, 5.74) is 23.4. The van der Waals surface area contributed by atoms with Gasteiger partial charge in [-0.2, -0.15) is 9.58 Å². The number of esters is 2. The van der Waals surface area contributed by atoms with Crippen LogP contribution >= 0.6 is 0 Å². The third-order valence-corrected chi connectivity index (χ3v) is 7.54. The van der Waals surface area contributed by atoms with Gasteiger partial charge in [-0.15, -0.1) is 0 Å². The standard InChI is InChI=1S/C36H49N9O9/c1-35(2,3)53-33(51)28(14-12-23(47)20-42-39)45-32(50)27(13-11-22(46)19-41-38)43-30(48)16-15-29(34(52)54-36(4,5)6)44-31(49)25(37)17-21-18-40-26-10-8-7-9-24(21)26/h7-10,18-20,25,27-29,40H,11-17,37H2,1-6H3,(H,43,48)(H,44,49)(H,45,50)/t25-,27-,28-,29-/m0/s1. The second-order valence-corrected chi connectivity index (χ2v) is 14.5. The molecule has 0 aliphatic heterocycles. The number of carbonyl (C=O) groups is 7. The number of hydrogen-bond donors (Lipinski definition) is 5. The largest absolute Gasteiger partial charge is 0.458 e. The van der Waals surface area contributed by atoms with Crippen LogP contribution in [0.25, 0.3) is 22.0 Å². The molecule has 0 unspecified atom stereocenters. The van der Waals surface area contributed by atoms with Crippen molar-refractivity contribution in [2.24, 2.45) is 5.73 Å². The van der Waals surface area contributed by atoms with Crippen LogP contribution in [-0.4, -0.2) is 104 Å².